The van der Waals surface area contributed by atoms with Crippen LogP contribution in [0, 0.1) is 6.92 Å². The van der Waals surface area contributed by atoms with Crippen molar-refractivity contribution in [3.05, 3.63) is 83.4 Å². The maximum atomic E-state index is 13.7. The van der Waals surface area contributed by atoms with Gasteiger partial charge in [-0.15, -0.1) is 0 Å². The van der Waals surface area contributed by atoms with Gasteiger partial charge >= 0.3 is 0 Å². The number of amides is 1. The van der Waals surface area contributed by atoms with Crippen LogP contribution in [0.15, 0.2) is 71.6 Å². The van der Waals surface area contributed by atoms with Crippen LogP contribution in [0.5, 0.6) is 11.5 Å². The van der Waals surface area contributed by atoms with Crippen LogP contribution in [0.2, 0.25) is 0 Å². The molecule has 0 bridgehead atoms. The van der Waals surface area contributed by atoms with Gasteiger partial charge in [0.2, 0.25) is 0 Å². The number of rotatable bonds is 8. The molecule has 0 aliphatic carbocycles. The van der Waals surface area contributed by atoms with E-state index in [9.17, 15) is 13.2 Å². The Labute approximate surface area is 230 Å². The molecule has 9 heteroatoms. The fourth-order valence-corrected chi connectivity index (χ4v) is 6.61. The van der Waals surface area contributed by atoms with Crippen LogP contribution in [0.25, 0.3) is 0 Å². The lowest BCUT2D eigenvalue weighted by molar-refractivity contribution is -0.127. The molecule has 0 saturated carbocycles. The number of benzene rings is 3. The van der Waals surface area contributed by atoms with Crippen LogP contribution in [0.3, 0.4) is 0 Å². The number of carbonyl (C=O) groups excluding carboxylic acids is 1. The molecule has 0 spiro atoms. The summed E-state index contributed by atoms with van der Waals surface area (Å²) < 4.78 is 39.9. The Balaban J connectivity index is 1.34. The zero-order valence-electron chi connectivity index (χ0n) is 22.4. The van der Waals surface area contributed by atoms with E-state index in [-0.39, 0.29) is 17.3 Å². The number of likely N-dealkylation sites (tertiary alicyclic amines) is 1. The maximum Gasteiger partial charge on any atom is 0.264 e. The zero-order valence-corrected chi connectivity index (χ0v) is 23.2. The number of sulfonamides is 1. The number of aryl methyl sites for hydroxylation is 1. The summed E-state index contributed by atoms with van der Waals surface area (Å²) in [6, 6.07) is 19.7. The van der Waals surface area contributed by atoms with Crippen LogP contribution in [-0.2, 0) is 27.9 Å². The first-order valence-corrected chi connectivity index (χ1v) is 14.8. The average molecular weight is 550 g/mol. The highest BCUT2D eigenvalue weighted by Gasteiger charge is 2.37. The Morgan fingerprint density at radius 1 is 1.00 bits per heavy atom. The van der Waals surface area contributed by atoms with E-state index in [0.717, 1.165) is 30.8 Å². The van der Waals surface area contributed by atoms with Crippen molar-refractivity contribution >= 4 is 21.6 Å². The quantitative estimate of drug-likeness (QED) is 0.452. The third kappa shape index (κ3) is 6.04. The van der Waals surface area contributed by atoms with Crippen molar-refractivity contribution in [3.8, 4) is 11.5 Å². The monoisotopic (exact) mass is 549 g/mol. The predicted octanol–water partition coefficient (Wildman–Crippen LogP) is 4.26. The van der Waals surface area contributed by atoms with E-state index in [2.05, 4.69) is 16.3 Å². The number of fused-ring (bicyclic) bond motifs is 1. The van der Waals surface area contributed by atoms with Gasteiger partial charge in [0.15, 0.2) is 6.10 Å². The summed E-state index contributed by atoms with van der Waals surface area (Å²) in [5.41, 5.74) is 3.55. The summed E-state index contributed by atoms with van der Waals surface area (Å²) in [4.78, 5) is 15.9. The van der Waals surface area contributed by atoms with Gasteiger partial charge in [-0.1, -0.05) is 36.8 Å². The van der Waals surface area contributed by atoms with E-state index < -0.39 is 16.1 Å². The molecular weight excluding hydrogens is 514 g/mol. The minimum absolute atomic E-state index is 0.113. The average Bonchev–Trinajstić information content (AvgIpc) is 2.96. The molecule has 3 aromatic carbocycles. The Kier molecular flexibility index (Phi) is 8.09. The minimum Gasteiger partial charge on any atom is -0.497 e. The summed E-state index contributed by atoms with van der Waals surface area (Å²) in [5.74, 6) is 0.568. The van der Waals surface area contributed by atoms with Crippen LogP contribution in [-0.4, -0.2) is 52.1 Å². The first-order chi connectivity index (χ1) is 18.8. The highest BCUT2D eigenvalue weighted by molar-refractivity contribution is 7.92. The number of hydrogen-bond acceptors (Lipinski definition) is 6. The third-order valence-electron chi connectivity index (χ3n) is 7.34. The number of hydrogen-bond donors (Lipinski definition) is 1. The normalized spacial score (nSPS) is 17.7. The van der Waals surface area contributed by atoms with Gasteiger partial charge in [-0.2, -0.15) is 0 Å². The van der Waals surface area contributed by atoms with Crippen molar-refractivity contribution in [2.24, 2.45) is 0 Å². The van der Waals surface area contributed by atoms with Crippen LogP contribution in [0.4, 0.5) is 5.69 Å². The second kappa shape index (κ2) is 11.7. The fourth-order valence-electron chi connectivity index (χ4n) is 5.14. The molecule has 2 aliphatic rings. The molecule has 1 saturated heterocycles. The van der Waals surface area contributed by atoms with Crippen LogP contribution in [0.1, 0.15) is 36.0 Å². The fraction of sp³-hybridized carbons (Fsp3) is 0.367. The minimum atomic E-state index is -3.96. The molecule has 3 aromatic rings. The number of nitrogens with one attached hydrogen (secondary N) is 1. The second-order valence-corrected chi connectivity index (χ2v) is 12.0. The highest BCUT2D eigenvalue weighted by atomic mass is 32.2. The van der Waals surface area contributed by atoms with Gasteiger partial charge in [0.1, 0.15) is 11.5 Å². The molecule has 39 heavy (non-hydrogen) atoms. The van der Waals surface area contributed by atoms with Gasteiger partial charge in [-0.05, 0) is 85.9 Å². The Bertz CT molecular complexity index is 1420. The van der Waals surface area contributed by atoms with E-state index in [1.807, 2.05) is 31.2 Å². The SMILES string of the molecule is COc1ccc(S(=O)(=O)N2CC(C(=O)NCc3ccccc3CN3CCCCC3)Oc3cc(C)ccc32)cc1. The molecule has 206 valence electrons. The van der Waals surface area contributed by atoms with E-state index in [1.54, 1.807) is 24.3 Å². The van der Waals surface area contributed by atoms with Gasteiger partial charge < -0.3 is 14.8 Å². The van der Waals surface area contributed by atoms with E-state index >= 15 is 0 Å². The summed E-state index contributed by atoms with van der Waals surface area (Å²) in [5, 5.41) is 3.00. The van der Waals surface area contributed by atoms with Crippen LogP contribution >= 0.6 is 0 Å². The standard InChI is InChI=1S/C30H35N3O5S/c1-22-10-15-27-28(18-22)38-29(21-33(27)39(35,36)26-13-11-25(37-2)12-14-26)30(34)31-19-23-8-4-5-9-24(23)20-32-16-6-3-7-17-32/h4-5,8-15,18,29H,3,6-7,16-17,19-21H2,1-2H3,(H,31,34). The molecule has 2 aliphatic heterocycles. The Morgan fingerprint density at radius 3 is 2.44 bits per heavy atom. The van der Waals surface area contributed by atoms with Gasteiger partial charge in [-0.25, -0.2) is 8.42 Å². The van der Waals surface area contributed by atoms with E-state index in [0.29, 0.717) is 23.7 Å². The highest BCUT2D eigenvalue weighted by Crippen LogP contribution is 2.38. The Morgan fingerprint density at radius 2 is 1.72 bits per heavy atom. The van der Waals surface area contributed by atoms with Crippen molar-refractivity contribution < 1.29 is 22.7 Å². The first kappa shape index (κ1) is 27.0. The number of piperidine rings is 1. The van der Waals surface area contributed by atoms with Crippen molar-refractivity contribution in [3.63, 3.8) is 0 Å². The molecule has 8 nitrogen and oxygen atoms in total. The number of anilines is 1. The topological polar surface area (TPSA) is 88.2 Å². The molecule has 0 radical (unpaired) electrons. The van der Waals surface area contributed by atoms with Gasteiger partial charge in [0.05, 0.1) is 24.2 Å². The maximum absolute atomic E-state index is 13.7. The molecule has 1 amide bonds. The van der Waals surface area contributed by atoms with Crippen molar-refractivity contribution in [1.82, 2.24) is 10.2 Å². The summed E-state index contributed by atoms with van der Waals surface area (Å²) >= 11 is 0. The van der Waals surface area contributed by atoms with E-state index in [1.165, 1.54) is 48.4 Å². The molecule has 2 heterocycles. The lowest BCUT2D eigenvalue weighted by Crippen LogP contribution is -2.50. The van der Waals surface area contributed by atoms with Crippen molar-refractivity contribution in [1.29, 1.82) is 0 Å². The first-order valence-electron chi connectivity index (χ1n) is 13.4. The largest absolute Gasteiger partial charge is 0.497 e. The summed E-state index contributed by atoms with van der Waals surface area (Å²) in [6.07, 6.45) is 2.72. The second-order valence-electron chi connectivity index (χ2n) is 10.1. The Hall–Kier alpha value is -3.56. The number of nitrogens with zero attached hydrogens (tertiary/aromatic N) is 2. The summed E-state index contributed by atoms with van der Waals surface area (Å²) in [6.45, 7) is 5.14. The smallest absolute Gasteiger partial charge is 0.264 e. The lowest BCUT2D eigenvalue weighted by atomic mass is 10.0. The summed E-state index contributed by atoms with van der Waals surface area (Å²) in [7, 11) is -2.43. The number of carbonyl (C=O) groups is 1. The lowest BCUT2D eigenvalue weighted by Gasteiger charge is -2.35. The molecule has 1 atom stereocenters. The van der Waals surface area contributed by atoms with Gasteiger partial charge in [0.25, 0.3) is 15.9 Å². The molecule has 1 N–H and O–H groups in total. The molecule has 5 rings (SSSR count). The molecule has 1 unspecified atom stereocenters. The number of ether oxygens (including phenoxy) is 2. The van der Waals surface area contributed by atoms with Gasteiger partial charge in [0, 0.05) is 13.1 Å². The predicted molar refractivity (Wildman–Crippen MR) is 151 cm³/mol. The van der Waals surface area contributed by atoms with E-state index in [4.69, 9.17) is 9.47 Å². The molecule has 0 aromatic heterocycles. The molecular formula is C30H35N3O5S. The number of methoxy groups -OCH3 is 1. The van der Waals surface area contributed by atoms with Crippen molar-refractivity contribution in [2.45, 2.75) is 50.3 Å². The zero-order chi connectivity index (χ0) is 27.4. The van der Waals surface area contributed by atoms with Crippen LogP contribution < -0.4 is 19.1 Å². The molecule has 1 fully saturated rings. The third-order valence-corrected chi connectivity index (χ3v) is 9.13. The van der Waals surface area contributed by atoms with Gasteiger partial charge in [-0.3, -0.25) is 14.0 Å². The van der Waals surface area contributed by atoms with Crippen molar-refractivity contribution in [2.75, 3.05) is 31.0 Å².